The second-order valence-electron chi connectivity index (χ2n) is 9.11. The summed E-state index contributed by atoms with van der Waals surface area (Å²) in [4.78, 5) is 20.4. The topological polar surface area (TPSA) is 26.8 Å². The van der Waals surface area contributed by atoms with Crippen LogP contribution in [0.2, 0.25) is 0 Å². The van der Waals surface area contributed by atoms with Gasteiger partial charge in [0.25, 0.3) is 0 Å². The van der Waals surface area contributed by atoms with Crippen molar-refractivity contribution in [3.8, 4) is 0 Å². The molecule has 0 saturated carbocycles. The maximum absolute atomic E-state index is 13.9. The first-order chi connectivity index (χ1) is 17.1. The van der Waals surface area contributed by atoms with Gasteiger partial charge in [-0.25, -0.2) is 0 Å². The van der Waals surface area contributed by atoms with E-state index in [2.05, 4.69) is 128 Å². The fourth-order valence-electron chi connectivity index (χ4n) is 5.80. The normalized spacial score (nSPS) is 14.5. The Morgan fingerprint density at radius 2 is 0.914 bits per heavy atom. The molecule has 0 unspecified atom stereocenters. The van der Waals surface area contributed by atoms with Gasteiger partial charge in [0, 0.05) is 59.1 Å². The van der Waals surface area contributed by atoms with Crippen LogP contribution in [-0.2, 0) is 4.79 Å². The van der Waals surface area contributed by atoms with Crippen LogP contribution in [0.3, 0.4) is 0 Å². The zero-order valence-electron chi connectivity index (χ0n) is 19.9. The van der Waals surface area contributed by atoms with Gasteiger partial charge < -0.3 is 14.7 Å². The van der Waals surface area contributed by atoms with Gasteiger partial charge in [-0.3, -0.25) is 4.79 Å². The van der Waals surface area contributed by atoms with Gasteiger partial charge in [0.2, 0.25) is 5.91 Å². The number of benzene rings is 4. The zero-order valence-corrected chi connectivity index (χ0v) is 19.9. The van der Waals surface area contributed by atoms with Crippen molar-refractivity contribution in [2.75, 3.05) is 23.9 Å². The Morgan fingerprint density at radius 3 is 1.20 bits per heavy atom. The lowest BCUT2D eigenvalue weighted by atomic mass is 9.84. The molecule has 0 spiro atoms. The fourth-order valence-corrected chi connectivity index (χ4v) is 5.80. The molecule has 4 nitrogen and oxygen atoms in total. The van der Waals surface area contributed by atoms with E-state index < -0.39 is 0 Å². The van der Waals surface area contributed by atoms with Gasteiger partial charge in [-0.15, -0.1) is 0 Å². The Morgan fingerprint density at radius 1 is 0.629 bits per heavy atom. The average molecular weight is 458 g/mol. The predicted octanol–water partition coefficient (Wildman–Crippen LogP) is 6.74. The molecule has 4 aromatic carbocycles. The molecule has 0 atom stereocenters. The molecule has 2 heterocycles. The van der Waals surface area contributed by atoms with Gasteiger partial charge in [0.05, 0.1) is 12.1 Å². The zero-order chi connectivity index (χ0) is 24.1. The van der Waals surface area contributed by atoms with Gasteiger partial charge in [-0.2, -0.15) is 0 Å². The summed E-state index contributed by atoms with van der Waals surface area (Å²) >= 11 is 0. The summed E-state index contributed by atoms with van der Waals surface area (Å²) in [5.41, 5.74) is 8.85. The van der Waals surface area contributed by atoms with E-state index in [0.717, 1.165) is 45.0 Å². The highest BCUT2D eigenvalue weighted by molar-refractivity contribution is 5.91. The minimum absolute atomic E-state index is 0.0941. The molecule has 4 heteroatoms. The Bertz CT molecular complexity index is 1260. The van der Waals surface area contributed by atoms with Crippen LogP contribution in [0, 0.1) is 0 Å². The van der Waals surface area contributed by atoms with Crippen LogP contribution in [0.4, 0.5) is 22.7 Å². The van der Waals surface area contributed by atoms with Crippen molar-refractivity contribution in [3.63, 3.8) is 0 Å². The molecule has 6 rings (SSSR count). The number of anilines is 4. The maximum Gasteiger partial charge on any atom is 0.247 e. The quantitative estimate of drug-likeness (QED) is 0.319. The van der Waals surface area contributed by atoms with Crippen LogP contribution < -0.4 is 9.80 Å². The average Bonchev–Trinajstić information content (AvgIpc) is 2.92. The van der Waals surface area contributed by atoms with Crippen molar-refractivity contribution in [3.05, 3.63) is 132 Å². The first kappa shape index (κ1) is 21.2. The maximum atomic E-state index is 13.9. The van der Waals surface area contributed by atoms with Crippen LogP contribution in [0.1, 0.15) is 34.3 Å². The standard InChI is InChI=1S/C31H27N3O/c1-4-29(35)34(30-21-13-5-9-17-25(21)32(2)26-18-10-6-14-22(26)30)31-23-15-7-11-19-27(23)33(3)28-20-12-8-16-24(28)31/h4-20,30-31H,1H2,2-3H3. The van der Waals surface area contributed by atoms with Crippen LogP contribution in [0.25, 0.3) is 0 Å². The molecule has 0 bridgehead atoms. The van der Waals surface area contributed by atoms with Crippen molar-refractivity contribution >= 4 is 28.7 Å². The summed E-state index contributed by atoms with van der Waals surface area (Å²) in [5.74, 6) is -0.0941. The van der Waals surface area contributed by atoms with Crippen LogP contribution in [-0.4, -0.2) is 24.9 Å². The third-order valence-corrected chi connectivity index (χ3v) is 7.36. The first-order valence-electron chi connectivity index (χ1n) is 11.9. The number of nitrogens with zero attached hydrogens (tertiary/aromatic N) is 3. The number of hydrogen-bond donors (Lipinski definition) is 0. The molecule has 0 saturated heterocycles. The van der Waals surface area contributed by atoms with E-state index in [1.807, 2.05) is 4.90 Å². The van der Waals surface area contributed by atoms with Crippen molar-refractivity contribution < 1.29 is 4.79 Å². The molecule has 172 valence electrons. The molecule has 35 heavy (non-hydrogen) atoms. The van der Waals surface area contributed by atoms with Crippen molar-refractivity contribution in [2.24, 2.45) is 0 Å². The van der Waals surface area contributed by atoms with Gasteiger partial charge in [-0.1, -0.05) is 79.4 Å². The Kier molecular flexibility index (Phi) is 4.96. The van der Waals surface area contributed by atoms with Crippen molar-refractivity contribution in [1.29, 1.82) is 0 Å². The highest BCUT2D eigenvalue weighted by Gasteiger charge is 2.42. The lowest BCUT2D eigenvalue weighted by molar-refractivity contribution is -0.129. The molecule has 0 aromatic heterocycles. The smallest absolute Gasteiger partial charge is 0.247 e. The number of rotatable bonds is 3. The van der Waals surface area contributed by atoms with E-state index in [1.165, 1.54) is 6.08 Å². The molecule has 1 amide bonds. The van der Waals surface area contributed by atoms with Gasteiger partial charge >= 0.3 is 0 Å². The van der Waals surface area contributed by atoms with E-state index in [0.29, 0.717) is 0 Å². The Labute approximate surface area is 206 Å². The van der Waals surface area contributed by atoms with E-state index in [1.54, 1.807) is 0 Å². The molecular weight excluding hydrogens is 430 g/mol. The van der Waals surface area contributed by atoms with E-state index in [9.17, 15) is 4.79 Å². The van der Waals surface area contributed by atoms with Gasteiger partial charge in [-0.05, 0) is 30.3 Å². The SMILES string of the molecule is C=CC(=O)N(C1c2ccccc2N(C)c2ccccc21)C1c2ccccc2N(C)c2ccccc21. The van der Waals surface area contributed by atoms with E-state index in [4.69, 9.17) is 0 Å². The fraction of sp³-hybridized carbons (Fsp3) is 0.129. The minimum Gasteiger partial charge on any atom is -0.344 e. The number of amides is 1. The largest absolute Gasteiger partial charge is 0.344 e. The third kappa shape index (κ3) is 3.10. The molecule has 0 N–H and O–H groups in total. The molecule has 0 radical (unpaired) electrons. The monoisotopic (exact) mass is 457 g/mol. The molecular formula is C31H27N3O. The Balaban J connectivity index is 1.66. The number of carbonyl (C=O) groups is 1. The summed E-state index contributed by atoms with van der Waals surface area (Å²) in [6, 6.07) is 33.0. The molecule has 2 aliphatic heterocycles. The highest BCUT2D eigenvalue weighted by atomic mass is 16.2. The second-order valence-corrected chi connectivity index (χ2v) is 9.11. The van der Waals surface area contributed by atoms with E-state index in [-0.39, 0.29) is 18.0 Å². The van der Waals surface area contributed by atoms with Crippen LogP contribution in [0.5, 0.6) is 0 Å². The summed E-state index contributed by atoms with van der Waals surface area (Å²) in [6.07, 6.45) is 1.45. The Hall–Kier alpha value is -4.31. The predicted molar refractivity (Wildman–Crippen MR) is 143 cm³/mol. The summed E-state index contributed by atoms with van der Waals surface area (Å²) in [5, 5.41) is 0. The summed E-state index contributed by atoms with van der Waals surface area (Å²) in [6.45, 7) is 3.91. The van der Waals surface area contributed by atoms with Gasteiger partial charge in [0.15, 0.2) is 0 Å². The minimum atomic E-state index is -0.265. The molecule has 0 fully saturated rings. The lowest BCUT2D eigenvalue weighted by Crippen LogP contribution is -2.42. The highest BCUT2D eigenvalue weighted by Crippen LogP contribution is 2.53. The number of hydrogen-bond acceptors (Lipinski definition) is 3. The van der Waals surface area contributed by atoms with Crippen molar-refractivity contribution in [1.82, 2.24) is 4.90 Å². The van der Waals surface area contributed by atoms with Crippen LogP contribution >= 0.6 is 0 Å². The first-order valence-corrected chi connectivity index (χ1v) is 11.9. The number of para-hydroxylation sites is 4. The number of carbonyl (C=O) groups excluding carboxylic acids is 1. The van der Waals surface area contributed by atoms with Crippen molar-refractivity contribution in [2.45, 2.75) is 12.1 Å². The van der Waals surface area contributed by atoms with Gasteiger partial charge in [0.1, 0.15) is 0 Å². The third-order valence-electron chi connectivity index (χ3n) is 7.36. The molecule has 2 aliphatic rings. The summed E-state index contributed by atoms with van der Waals surface area (Å²) in [7, 11) is 4.18. The lowest BCUT2D eigenvalue weighted by Gasteiger charge is -2.47. The molecule has 0 aliphatic carbocycles. The van der Waals surface area contributed by atoms with Crippen LogP contribution in [0.15, 0.2) is 110 Å². The second kappa shape index (κ2) is 8.17. The summed E-state index contributed by atoms with van der Waals surface area (Å²) < 4.78 is 0. The van der Waals surface area contributed by atoms with E-state index >= 15 is 0 Å². The number of fused-ring (bicyclic) bond motifs is 4. The molecule has 4 aromatic rings.